The molecule has 3 amide bonds. The lowest BCUT2D eigenvalue weighted by molar-refractivity contribution is -0.133. The number of carbonyl (C=O) groups is 4. The number of nitrogens with two attached hydrogens (primary N) is 1. The summed E-state index contributed by atoms with van der Waals surface area (Å²) in [5, 5.41) is 2.44. The van der Waals surface area contributed by atoms with Crippen LogP contribution in [-0.2, 0) is 23.9 Å². The Bertz CT molecular complexity index is 2100. The molecule has 2 aliphatic heterocycles. The highest BCUT2D eigenvalue weighted by molar-refractivity contribution is 5.90. The number of hydrogen-bond donors (Lipinski definition) is 3. The SMILES string of the molecule is C#C.C#C.C=NC.CC.CC(C)CC(=O)N1CCC[C@H]1C.CC(C)CC(=O)N1CCC[C@H]1C.COC(N)=O.COC=O.c1ncc(-c2ccc(-c3ccc4cc(-c5cnc[nH]5)ccc4c3)cc2)[nH]1. The molecule has 14 nitrogen and oxygen atoms in total. The van der Waals surface area contributed by atoms with E-state index in [4.69, 9.17) is 4.79 Å². The van der Waals surface area contributed by atoms with Crippen molar-refractivity contribution in [1.82, 2.24) is 29.7 Å². The summed E-state index contributed by atoms with van der Waals surface area (Å²) in [6.07, 6.45) is 28.5. The van der Waals surface area contributed by atoms with E-state index in [2.05, 4.69) is 175 Å². The minimum Gasteiger partial charge on any atom is -0.471 e. The minimum absolute atomic E-state index is 0.343. The van der Waals surface area contributed by atoms with Gasteiger partial charge in [-0.1, -0.05) is 90.1 Å². The molecule has 2 fully saturated rings. The van der Waals surface area contributed by atoms with Crippen LogP contribution in [0, 0.1) is 37.5 Å². The van der Waals surface area contributed by atoms with Crippen molar-refractivity contribution < 1.29 is 28.7 Å². The van der Waals surface area contributed by atoms with Gasteiger partial charge in [0.2, 0.25) is 11.8 Å². The Hall–Kier alpha value is -7.19. The molecule has 0 saturated carbocycles. The Morgan fingerprint density at radius 3 is 1.38 bits per heavy atom. The summed E-state index contributed by atoms with van der Waals surface area (Å²) >= 11 is 0. The molecule has 0 radical (unpaired) electrons. The molecule has 2 saturated heterocycles. The van der Waals surface area contributed by atoms with Crippen molar-refractivity contribution in [1.29, 1.82) is 0 Å². The fraction of sp³-hybridized carbons (Fsp3) is 0.426. The first kappa shape index (κ1) is 62.9. The molecule has 370 valence electrons. The van der Waals surface area contributed by atoms with Gasteiger partial charge in [-0.2, -0.15) is 0 Å². The van der Waals surface area contributed by atoms with E-state index in [1.54, 1.807) is 19.7 Å². The lowest BCUT2D eigenvalue weighted by Crippen LogP contribution is -2.34. The Morgan fingerprint density at radius 2 is 1.07 bits per heavy atom. The molecular weight excluding hydrogens is 857 g/mol. The van der Waals surface area contributed by atoms with Crippen molar-refractivity contribution in [2.45, 2.75) is 106 Å². The second-order valence-corrected chi connectivity index (χ2v) is 15.8. The van der Waals surface area contributed by atoms with Crippen molar-refractivity contribution in [3.05, 3.63) is 85.7 Å². The topological polar surface area (TPSA) is 189 Å². The van der Waals surface area contributed by atoms with E-state index in [1.165, 1.54) is 61.8 Å². The van der Waals surface area contributed by atoms with Crippen LogP contribution in [0.4, 0.5) is 4.79 Å². The minimum atomic E-state index is -0.745. The summed E-state index contributed by atoms with van der Waals surface area (Å²) in [4.78, 5) is 63.3. The van der Waals surface area contributed by atoms with Crippen LogP contribution in [-0.4, -0.2) is 107 Å². The molecule has 0 unspecified atom stereocenters. The zero-order valence-corrected chi connectivity index (χ0v) is 42.4. The number of benzene rings is 3. The van der Waals surface area contributed by atoms with Crippen LogP contribution in [0.1, 0.15) is 93.9 Å². The number of methoxy groups -OCH3 is 2. The summed E-state index contributed by atoms with van der Waals surface area (Å²) in [7, 11) is 4.18. The number of carbonyl (C=O) groups excluding carboxylic acids is 4. The number of aromatic nitrogens is 4. The van der Waals surface area contributed by atoms with E-state index >= 15 is 0 Å². The van der Waals surface area contributed by atoms with Crippen LogP contribution in [0.5, 0.6) is 0 Å². The van der Waals surface area contributed by atoms with Crippen LogP contribution < -0.4 is 5.73 Å². The normalized spacial score (nSPS) is 13.7. The number of H-pyrrole nitrogens is 2. The van der Waals surface area contributed by atoms with Gasteiger partial charge in [0.15, 0.2) is 0 Å². The van der Waals surface area contributed by atoms with Gasteiger partial charge in [-0.25, -0.2) is 14.8 Å². The maximum absolute atomic E-state index is 11.6. The van der Waals surface area contributed by atoms with Crippen LogP contribution in [0.25, 0.3) is 44.4 Å². The van der Waals surface area contributed by atoms with Gasteiger partial charge in [0, 0.05) is 50.6 Å². The number of fused-ring (bicyclic) bond motifs is 1. The van der Waals surface area contributed by atoms with Gasteiger partial charge in [-0.3, -0.25) is 14.4 Å². The number of nitrogens with zero attached hydrogens (tertiary/aromatic N) is 5. The van der Waals surface area contributed by atoms with Crippen molar-refractivity contribution in [3.63, 3.8) is 0 Å². The second kappa shape index (κ2) is 38.0. The van der Waals surface area contributed by atoms with Gasteiger partial charge < -0.3 is 40.0 Å². The average molecular weight is 935 g/mol. The van der Waals surface area contributed by atoms with Crippen molar-refractivity contribution in [2.24, 2.45) is 22.6 Å². The monoisotopic (exact) mass is 935 g/mol. The molecule has 5 aromatic rings. The van der Waals surface area contributed by atoms with Crippen molar-refractivity contribution >= 4 is 41.9 Å². The fourth-order valence-electron chi connectivity index (χ4n) is 6.80. The average Bonchev–Trinajstić information content (AvgIpc) is 4.22. The lowest BCUT2D eigenvalue weighted by atomic mass is 9.98. The van der Waals surface area contributed by atoms with E-state index in [1.807, 2.05) is 36.0 Å². The Labute approximate surface area is 406 Å². The number of primary amides is 1. The van der Waals surface area contributed by atoms with Crippen LogP contribution in [0.3, 0.4) is 0 Å². The third-order valence-corrected chi connectivity index (χ3v) is 9.89. The Morgan fingerprint density at radius 1 is 0.735 bits per heavy atom. The number of hydrogen-bond acceptors (Lipinski definition) is 9. The number of aliphatic imine (C=N–C) groups is 1. The molecule has 68 heavy (non-hydrogen) atoms. The molecule has 14 heteroatoms. The van der Waals surface area contributed by atoms with Gasteiger partial charge in [0.05, 0.1) is 50.7 Å². The maximum atomic E-state index is 11.6. The van der Waals surface area contributed by atoms with Gasteiger partial charge in [0.1, 0.15) is 0 Å². The van der Waals surface area contributed by atoms with E-state index in [-0.39, 0.29) is 0 Å². The largest absolute Gasteiger partial charge is 0.471 e. The highest BCUT2D eigenvalue weighted by Crippen LogP contribution is 2.29. The molecule has 3 aromatic carbocycles. The number of imidazole rings is 2. The van der Waals surface area contributed by atoms with Crippen LogP contribution >= 0.6 is 0 Å². The summed E-state index contributed by atoms with van der Waals surface area (Å²) in [6.45, 7) is 22.1. The first-order valence-corrected chi connectivity index (χ1v) is 22.7. The fourth-order valence-corrected chi connectivity index (χ4v) is 6.80. The third-order valence-electron chi connectivity index (χ3n) is 9.89. The number of amides is 3. The zero-order chi connectivity index (χ0) is 52.0. The van der Waals surface area contributed by atoms with Crippen molar-refractivity contribution in [3.8, 4) is 59.3 Å². The number of likely N-dealkylation sites (tertiary alicyclic amines) is 2. The number of rotatable bonds is 8. The molecule has 2 aliphatic rings. The predicted molar refractivity (Wildman–Crippen MR) is 281 cm³/mol. The zero-order valence-electron chi connectivity index (χ0n) is 42.4. The number of terminal acetylenes is 2. The first-order valence-electron chi connectivity index (χ1n) is 22.7. The van der Waals surface area contributed by atoms with Gasteiger partial charge in [-0.05, 0) is 97.7 Å². The molecule has 2 aromatic heterocycles. The molecule has 0 aliphatic carbocycles. The molecule has 2 atom stereocenters. The Balaban J connectivity index is 0. The summed E-state index contributed by atoms with van der Waals surface area (Å²) < 4.78 is 7.75. The highest BCUT2D eigenvalue weighted by atomic mass is 16.5. The maximum Gasteiger partial charge on any atom is 0.404 e. The summed E-state index contributed by atoms with van der Waals surface area (Å²) in [6, 6.07) is 22.6. The summed E-state index contributed by atoms with van der Waals surface area (Å²) in [5.74, 6) is 1.67. The van der Waals surface area contributed by atoms with Gasteiger partial charge in [-0.15, -0.1) is 25.7 Å². The first-order chi connectivity index (χ1) is 32.7. The predicted octanol–water partition coefficient (Wildman–Crippen LogP) is 10.7. The van der Waals surface area contributed by atoms with E-state index < -0.39 is 6.09 Å². The van der Waals surface area contributed by atoms with Crippen molar-refractivity contribution in [2.75, 3.05) is 34.4 Å². The Kier molecular flexibility index (Phi) is 35.1. The lowest BCUT2D eigenvalue weighted by Gasteiger charge is -2.22. The van der Waals surface area contributed by atoms with E-state index in [0.29, 0.717) is 55.0 Å². The molecule has 4 heterocycles. The summed E-state index contributed by atoms with van der Waals surface area (Å²) in [5.41, 5.74) is 11.2. The number of aromatic amines is 2. The molecule has 0 spiro atoms. The van der Waals surface area contributed by atoms with Gasteiger partial charge in [0.25, 0.3) is 6.47 Å². The van der Waals surface area contributed by atoms with E-state index in [0.717, 1.165) is 35.6 Å². The molecule has 0 bridgehead atoms. The molecule has 4 N–H and O–H groups in total. The molecule has 7 rings (SSSR count). The standard InChI is InChI=1S/C22H16N4.2C10H19NO.C2H5NO2.C2H5N.C2H4O2.C2H6.2C2H2/c1-3-16(21-11-23-13-25-21)4-2-15(1)17-5-6-19-10-20(8-7-18(19)9-17)22-12-24-14-26-22;2*1-8(2)7-10(12)11-6-4-5-9(11)3;1-5-2(3)4;1-3-2;1-4-2-3;3*1-2/h1-14H,(H,23,25)(H,24,26);2*8-9H,4-7H2,1-3H3;1H3,(H2,3,4);1H2,2H3;2H,1H3;1-2H3;2*1-2H/t;2*9-;;;;;;/m.11....../s1. The number of ether oxygens (including phenoxy) is 2. The van der Waals surface area contributed by atoms with Gasteiger partial charge >= 0.3 is 6.09 Å². The quantitative estimate of drug-likeness (QED) is 0.0778. The smallest absolute Gasteiger partial charge is 0.404 e. The highest BCUT2D eigenvalue weighted by Gasteiger charge is 2.26. The van der Waals surface area contributed by atoms with E-state index in [9.17, 15) is 14.4 Å². The van der Waals surface area contributed by atoms with Crippen LogP contribution in [0.2, 0.25) is 0 Å². The number of nitrogens with one attached hydrogen (secondary N) is 2. The third kappa shape index (κ3) is 24.4. The van der Waals surface area contributed by atoms with Crippen LogP contribution in [0.15, 0.2) is 90.7 Å². The molecular formula is C54H78N8O6. The second-order valence-electron chi connectivity index (χ2n) is 15.8.